The van der Waals surface area contributed by atoms with Crippen LogP contribution in [0.4, 0.5) is 0 Å². The van der Waals surface area contributed by atoms with Gasteiger partial charge >= 0.3 is 0 Å². The van der Waals surface area contributed by atoms with Gasteiger partial charge in [0.15, 0.2) is 0 Å². The van der Waals surface area contributed by atoms with Gasteiger partial charge in [-0.15, -0.1) is 0 Å². The lowest BCUT2D eigenvalue weighted by Crippen LogP contribution is -2.22. The van der Waals surface area contributed by atoms with Crippen molar-refractivity contribution in [1.29, 1.82) is 0 Å². The number of aliphatic hydroxyl groups is 1. The third-order valence-corrected chi connectivity index (χ3v) is 2.39. The van der Waals surface area contributed by atoms with Crippen LogP contribution in [-0.4, -0.2) is 18.3 Å². The highest BCUT2D eigenvalue weighted by molar-refractivity contribution is 5.20. The van der Waals surface area contributed by atoms with Gasteiger partial charge in [-0.2, -0.15) is 0 Å². The molecule has 1 atom stereocenters. The van der Waals surface area contributed by atoms with Gasteiger partial charge in [0.1, 0.15) is 5.75 Å². The first-order valence-corrected chi connectivity index (χ1v) is 5.80. The van der Waals surface area contributed by atoms with Crippen molar-refractivity contribution in [2.24, 2.45) is 11.3 Å². The van der Waals surface area contributed by atoms with E-state index in [2.05, 4.69) is 20.8 Å². The van der Waals surface area contributed by atoms with E-state index in [9.17, 15) is 5.11 Å². The predicted molar refractivity (Wildman–Crippen MR) is 66.6 cm³/mol. The molecule has 0 saturated heterocycles. The van der Waals surface area contributed by atoms with Crippen LogP contribution in [0, 0.1) is 11.3 Å². The zero-order valence-electron chi connectivity index (χ0n) is 10.4. The molecule has 0 aliphatic carbocycles. The number of benzene rings is 1. The maximum absolute atomic E-state index is 9.29. The van der Waals surface area contributed by atoms with Crippen LogP contribution in [0.25, 0.3) is 0 Å². The van der Waals surface area contributed by atoms with E-state index in [1.165, 1.54) is 0 Å². The van der Waals surface area contributed by atoms with Crippen LogP contribution in [0.2, 0.25) is 0 Å². The fourth-order valence-electron chi connectivity index (χ4n) is 1.77. The van der Waals surface area contributed by atoms with Gasteiger partial charge in [0, 0.05) is 12.5 Å². The Hall–Kier alpha value is -1.02. The second-order valence-electron chi connectivity index (χ2n) is 5.44. The van der Waals surface area contributed by atoms with Crippen molar-refractivity contribution < 1.29 is 9.84 Å². The summed E-state index contributed by atoms with van der Waals surface area (Å²) in [5.74, 6) is 1.08. The number of hydrogen-bond acceptors (Lipinski definition) is 2. The van der Waals surface area contributed by atoms with Gasteiger partial charge in [-0.25, -0.2) is 0 Å². The molecule has 1 N–H and O–H groups in total. The van der Waals surface area contributed by atoms with Gasteiger partial charge in [0.2, 0.25) is 0 Å². The standard InChI is InChI=1S/C14H22O2/c1-14(2,3)9-12(10-15)11-16-13-7-5-4-6-8-13/h4-8,12,15H,9-11H2,1-3H3. The molecule has 1 unspecified atom stereocenters. The smallest absolute Gasteiger partial charge is 0.119 e. The van der Waals surface area contributed by atoms with Crippen molar-refractivity contribution in [2.45, 2.75) is 27.2 Å². The first-order chi connectivity index (χ1) is 7.51. The number of para-hydroxylation sites is 1. The van der Waals surface area contributed by atoms with Crippen molar-refractivity contribution >= 4 is 0 Å². The van der Waals surface area contributed by atoms with Crippen molar-refractivity contribution in [3.05, 3.63) is 30.3 Å². The molecule has 0 spiro atoms. The SMILES string of the molecule is CC(C)(C)CC(CO)COc1ccccc1. The lowest BCUT2D eigenvalue weighted by atomic mass is 9.85. The lowest BCUT2D eigenvalue weighted by Gasteiger charge is -2.24. The summed E-state index contributed by atoms with van der Waals surface area (Å²) in [6.07, 6.45) is 0.969. The summed E-state index contributed by atoms with van der Waals surface area (Å²) < 4.78 is 5.64. The topological polar surface area (TPSA) is 29.5 Å². The molecule has 0 radical (unpaired) electrons. The molecule has 0 heterocycles. The number of rotatable bonds is 5. The van der Waals surface area contributed by atoms with Crippen LogP contribution in [0.5, 0.6) is 5.75 Å². The molecule has 0 aromatic heterocycles. The maximum atomic E-state index is 9.29. The summed E-state index contributed by atoms with van der Waals surface area (Å²) in [6.45, 7) is 7.30. The highest BCUT2D eigenvalue weighted by Crippen LogP contribution is 2.24. The molecule has 0 aliphatic heterocycles. The number of hydrogen-bond donors (Lipinski definition) is 1. The third-order valence-electron chi connectivity index (χ3n) is 2.39. The first kappa shape index (κ1) is 13.0. The van der Waals surface area contributed by atoms with E-state index >= 15 is 0 Å². The lowest BCUT2D eigenvalue weighted by molar-refractivity contribution is 0.126. The van der Waals surface area contributed by atoms with Crippen LogP contribution in [0.1, 0.15) is 27.2 Å². The highest BCUT2D eigenvalue weighted by Gasteiger charge is 2.18. The molecular formula is C14H22O2. The average Bonchev–Trinajstić information content (AvgIpc) is 2.24. The third kappa shape index (κ3) is 5.17. The molecule has 0 amide bonds. The molecule has 0 aliphatic rings. The van der Waals surface area contributed by atoms with Crippen LogP contribution >= 0.6 is 0 Å². The number of aliphatic hydroxyl groups excluding tert-OH is 1. The summed E-state index contributed by atoms with van der Waals surface area (Å²) >= 11 is 0. The van der Waals surface area contributed by atoms with E-state index in [-0.39, 0.29) is 17.9 Å². The molecule has 0 bridgehead atoms. The predicted octanol–water partition coefficient (Wildman–Crippen LogP) is 3.11. The van der Waals surface area contributed by atoms with Crippen molar-refractivity contribution in [2.75, 3.05) is 13.2 Å². The monoisotopic (exact) mass is 222 g/mol. The highest BCUT2D eigenvalue weighted by atomic mass is 16.5. The summed E-state index contributed by atoms with van der Waals surface area (Å²) in [5, 5.41) is 9.29. The average molecular weight is 222 g/mol. The van der Waals surface area contributed by atoms with Crippen LogP contribution in [0.15, 0.2) is 30.3 Å². The quantitative estimate of drug-likeness (QED) is 0.829. The molecule has 16 heavy (non-hydrogen) atoms. The normalized spacial score (nSPS) is 13.5. The Morgan fingerprint density at radius 1 is 1.19 bits per heavy atom. The van der Waals surface area contributed by atoms with Crippen LogP contribution in [-0.2, 0) is 0 Å². The molecule has 1 rings (SSSR count). The molecule has 2 heteroatoms. The Kier molecular flexibility index (Phi) is 4.81. The fraction of sp³-hybridized carbons (Fsp3) is 0.571. The summed E-state index contributed by atoms with van der Waals surface area (Å²) in [5.41, 5.74) is 0.230. The summed E-state index contributed by atoms with van der Waals surface area (Å²) in [7, 11) is 0. The van der Waals surface area contributed by atoms with Gasteiger partial charge in [0.25, 0.3) is 0 Å². The molecule has 0 fully saturated rings. The minimum absolute atomic E-state index is 0.185. The summed E-state index contributed by atoms with van der Waals surface area (Å²) in [4.78, 5) is 0. The Morgan fingerprint density at radius 2 is 1.81 bits per heavy atom. The van der Waals surface area contributed by atoms with Crippen LogP contribution in [0.3, 0.4) is 0 Å². The molecule has 1 aromatic carbocycles. The molecule has 90 valence electrons. The van der Waals surface area contributed by atoms with Gasteiger partial charge in [-0.05, 0) is 24.0 Å². The number of ether oxygens (including phenoxy) is 1. The van der Waals surface area contributed by atoms with E-state index in [4.69, 9.17) is 4.74 Å². The van der Waals surface area contributed by atoms with Gasteiger partial charge in [0.05, 0.1) is 6.61 Å². The van der Waals surface area contributed by atoms with E-state index in [1.54, 1.807) is 0 Å². The molecule has 0 saturated carbocycles. The van der Waals surface area contributed by atoms with E-state index in [0.29, 0.717) is 6.61 Å². The van der Waals surface area contributed by atoms with Gasteiger partial charge in [-0.1, -0.05) is 39.0 Å². The van der Waals surface area contributed by atoms with Gasteiger partial charge in [-0.3, -0.25) is 0 Å². The minimum atomic E-state index is 0.185. The second kappa shape index (κ2) is 5.90. The zero-order valence-corrected chi connectivity index (χ0v) is 10.4. The second-order valence-corrected chi connectivity index (χ2v) is 5.44. The first-order valence-electron chi connectivity index (χ1n) is 5.80. The van der Waals surface area contributed by atoms with E-state index in [0.717, 1.165) is 12.2 Å². The van der Waals surface area contributed by atoms with Crippen molar-refractivity contribution in [3.63, 3.8) is 0 Å². The Bertz CT molecular complexity index is 287. The Morgan fingerprint density at radius 3 is 2.31 bits per heavy atom. The van der Waals surface area contributed by atoms with Crippen molar-refractivity contribution in [1.82, 2.24) is 0 Å². The van der Waals surface area contributed by atoms with Crippen molar-refractivity contribution in [3.8, 4) is 5.75 Å². The molecular weight excluding hydrogens is 200 g/mol. The zero-order chi connectivity index (χ0) is 12.0. The molecule has 2 nitrogen and oxygen atoms in total. The minimum Gasteiger partial charge on any atom is -0.493 e. The Balaban J connectivity index is 2.40. The van der Waals surface area contributed by atoms with Crippen LogP contribution < -0.4 is 4.74 Å². The van der Waals surface area contributed by atoms with Gasteiger partial charge < -0.3 is 9.84 Å². The van der Waals surface area contributed by atoms with E-state index < -0.39 is 0 Å². The summed E-state index contributed by atoms with van der Waals surface area (Å²) in [6, 6.07) is 9.74. The van der Waals surface area contributed by atoms with E-state index in [1.807, 2.05) is 30.3 Å². The fourth-order valence-corrected chi connectivity index (χ4v) is 1.77. The maximum Gasteiger partial charge on any atom is 0.119 e. The molecule has 1 aromatic rings. The Labute approximate surface area is 98.3 Å². The largest absolute Gasteiger partial charge is 0.493 e.